The molecule has 3 aromatic carbocycles. The Kier molecular flexibility index (Phi) is 22.4. The standard InChI is InChI=1S/C53H60ClN7O6S.C3H8.2CH4O/c1-34(31-63)51(67-26-25-62)50(54)36(3)39-9-7-11-41(28-39)56-42-20-24-61(53(4,5)30-42)68(66)33-37-17-23-60-43(27-37)29-48(57-60)59-21-18-38(19-22-59)44-14-16-46(49-40(32-64)10-8-12-45(44)49)58(6)47-15-13-35(2)55-52(47)65;1-3-2;2*1-2/h7-12,14,16-17,23,25,27-29,31-32,38,42,47,56H,2,13,15,18-22,24,26,30,33H2,1,3-6H3,(H,55,65);3H2,1-2H3;2*2H,1H3/b50-36-,51-34-;;;. The molecule has 3 unspecified atom stereocenters. The number of amides is 1. The summed E-state index contributed by atoms with van der Waals surface area (Å²) in [6, 6.07) is 24.1. The van der Waals surface area contributed by atoms with Crippen LogP contribution < -0.4 is 20.4 Å². The van der Waals surface area contributed by atoms with Crippen LogP contribution in [-0.4, -0.2) is 118 Å². The third-order valence-corrected chi connectivity index (χ3v) is 16.0. The zero-order chi connectivity index (χ0) is 55.0. The van der Waals surface area contributed by atoms with Crippen molar-refractivity contribution in [1.29, 1.82) is 0 Å². The van der Waals surface area contributed by atoms with Gasteiger partial charge >= 0.3 is 0 Å². The number of fused-ring (bicyclic) bond motifs is 2. The summed E-state index contributed by atoms with van der Waals surface area (Å²) < 4.78 is 23.6. The molecule has 0 saturated carbocycles. The highest BCUT2D eigenvalue weighted by atomic mass is 35.5. The monoisotopic (exact) mass is 1070 g/mol. The summed E-state index contributed by atoms with van der Waals surface area (Å²) in [5.41, 5.74) is 7.82. The van der Waals surface area contributed by atoms with E-state index >= 15 is 0 Å². The fourth-order valence-electron chi connectivity index (χ4n) is 10.2. The highest BCUT2D eigenvalue weighted by Crippen LogP contribution is 2.40. The number of ether oxygens (including phenoxy) is 1. The quantitative estimate of drug-likeness (QED) is 0.0318. The van der Waals surface area contributed by atoms with Gasteiger partial charge in [0.2, 0.25) is 5.91 Å². The largest absolute Gasteiger partial charge is 0.484 e. The highest BCUT2D eigenvalue weighted by molar-refractivity contribution is 7.81. The van der Waals surface area contributed by atoms with E-state index < -0.39 is 11.0 Å². The molecular weight excluding hydrogens is 990 g/mol. The summed E-state index contributed by atoms with van der Waals surface area (Å²) in [4.78, 5) is 52.2. The number of aliphatic hydroxyl groups is 2. The Morgan fingerprint density at radius 3 is 2.33 bits per heavy atom. The lowest BCUT2D eigenvalue weighted by Gasteiger charge is -2.44. The van der Waals surface area contributed by atoms with E-state index in [4.69, 9.17) is 31.6 Å². The lowest BCUT2D eigenvalue weighted by atomic mass is 9.85. The maximum atomic E-state index is 14.1. The molecule has 17 heteroatoms. The number of allylic oxidation sites excluding steroid dienone is 4. The molecule has 75 heavy (non-hydrogen) atoms. The van der Waals surface area contributed by atoms with Gasteiger partial charge in [-0.3, -0.25) is 19.2 Å². The predicted octanol–water partition coefficient (Wildman–Crippen LogP) is 9.72. The van der Waals surface area contributed by atoms with Crippen LogP contribution in [0.15, 0.2) is 108 Å². The van der Waals surface area contributed by atoms with Gasteiger partial charge in [0.1, 0.15) is 24.7 Å². The molecule has 0 aliphatic carbocycles. The minimum Gasteiger partial charge on any atom is -0.484 e. The Labute approximate surface area is 450 Å². The van der Waals surface area contributed by atoms with Gasteiger partial charge in [0.05, 0.1) is 27.3 Å². The number of halogens is 1. The third-order valence-electron chi connectivity index (χ3n) is 13.8. The minimum absolute atomic E-state index is 0.0737. The molecule has 0 bridgehead atoms. The Morgan fingerprint density at radius 1 is 0.973 bits per heavy atom. The fraction of sp³-hybridized carbons (Fsp3) is 0.431. The number of nitrogens with zero attached hydrogens (tertiary/aromatic N) is 5. The molecule has 2 aromatic heterocycles. The number of aromatic nitrogens is 2. The number of pyridine rings is 1. The second-order valence-electron chi connectivity index (χ2n) is 19.5. The normalized spacial score (nSPS) is 18.8. The van der Waals surface area contributed by atoms with E-state index in [-0.39, 0.29) is 46.8 Å². The van der Waals surface area contributed by atoms with Crippen molar-refractivity contribution in [2.75, 3.05) is 62.6 Å². The second-order valence-corrected chi connectivity index (χ2v) is 21.3. The summed E-state index contributed by atoms with van der Waals surface area (Å²) in [6.07, 6.45) is 10.2. The van der Waals surface area contributed by atoms with E-state index in [1.165, 1.54) is 12.0 Å². The van der Waals surface area contributed by atoms with Gasteiger partial charge in [0.15, 0.2) is 18.4 Å². The number of likely N-dealkylation sites (N-methyl/N-ethyl adjacent to an activating group) is 1. The van der Waals surface area contributed by atoms with Crippen molar-refractivity contribution in [3.8, 4) is 0 Å². The van der Waals surface area contributed by atoms with E-state index in [0.717, 1.165) is 110 Å². The van der Waals surface area contributed by atoms with Crippen molar-refractivity contribution in [2.45, 2.75) is 116 Å². The minimum atomic E-state index is -1.26. The average molecular weight is 1070 g/mol. The number of anilines is 3. The molecule has 404 valence electrons. The van der Waals surface area contributed by atoms with Crippen molar-refractivity contribution in [2.24, 2.45) is 0 Å². The number of hydrogen-bond acceptors (Lipinski definition) is 12. The van der Waals surface area contributed by atoms with Crippen LogP contribution in [0.4, 0.5) is 17.2 Å². The van der Waals surface area contributed by atoms with Gasteiger partial charge in [-0.15, -0.1) is 0 Å². The van der Waals surface area contributed by atoms with E-state index in [2.05, 4.69) is 84.4 Å². The molecule has 1 amide bonds. The van der Waals surface area contributed by atoms with Crippen LogP contribution in [0, 0.1) is 0 Å². The Hall–Kier alpha value is -6.17. The first-order chi connectivity index (χ1) is 36.1. The van der Waals surface area contributed by atoms with Crippen molar-refractivity contribution < 1.29 is 38.3 Å². The number of aldehydes is 3. The smallest absolute Gasteiger partial charge is 0.246 e. The summed E-state index contributed by atoms with van der Waals surface area (Å²) in [7, 11) is 2.67. The maximum absolute atomic E-state index is 14.1. The molecular formula is C58H76ClN7O8S. The third kappa shape index (κ3) is 14.4. The molecule has 3 aliphatic heterocycles. The van der Waals surface area contributed by atoms with Crippen LogP contribution in [-0.2, 0) is 35.9 Å². The lowest BCUT2D eigenvalue weighted by molar-refractivity contribution is -0.122. The van der Waals surface area contributed by atoms with Gasteiger partial charge in [-0.25, -0.2) is 13.0 Å². The molecule has 8 rings (SSSR count). The molecule has 3 saturated heterocycles. The molecule has 3 atom stereocenters. The number of nitrogens with one attached hydrogen (secondary N) is 2. The van der Waals surface area contributed by atoms with Gasteiger partial charge in [0.25, 0.3) is 0 Å². The number of carbonyl (C=O) groups excluding carboxylic acids is 4. The van der Waals surface area contributed by atoms with E-state index in [0.29, 0.717) is 54.4 Å². The summed E-state index contributed by atoms with van der Waals surface area (Å²) in [5, 5.41) is 27.7. The second kappa shape index (κ2) is 28.1. The number of benzene rings is 3. The van der Waals surface area contributed by atoms with E-state index in [9.17, 15) is 23.4 Å². The number of piperidine rings is 3. The van der Waals surface area contributed by atoms with E-state index in [1.807, 2.05) is 72.0 Å². The summed E-state index contributed by atoms with van der Waals surface area (Å²) in [5.74, 6) is 1.71. The van der Waals surface area contributed by atoms with Crippen molar-refractivity contribution in [3.05, 3.63) is 130 Å². The Morgan fingerprint density at radius 2 is 1.68 bits per heavy atom. The van der Waals surface area contributed by atoms with Gasteiger partial charge in [0, 0.05) is 98.3 Å². The molecule has 4 N–H and O–H groups in total. The number of carbonyl (C=O) groups is 4. The molecule has 0 radical (unpaired) electrons. The predicted molar refractivity (Wildman–Crippen MR) is 305 cm³/mol. The number of hydrogen-bond donors (Lipinski definition) is 4. The molecule has 5 aromatic rings. The number of aliphatic hydroxyl groups excluding tert-OH is 2. The molecule has 0 spiro atoms. The Bertz CT molecular complexity index is 2890. The zero-order valence-electron chi connectivity index (χ0n) is 45.0. The van der Waals surface area contributed by atoms with Crippen LogP contribution >= 0.6 is 11.6 Å². The van der Waals surface area contributed by atoms with Crippen LogP contribution in [0.5, 0.6) is 0 Å². The Balaban J connectivity index is 0.00000142. The molecule has 15 nitrogen and oxygen atoms in total. The van der Waals surface area contributed by atoms with E-state index in [1.54, 1.807) is 6.92 Å². The first kappa shape index (κ1) is 59.7. The lowest BCUT2D eigenvalue weighted by Crippen LogP contribution is -2.53. The van der Waals surface area contributed by atoms with Gasteiger partial charge in [-0.2, -0.15) is 5.10 Å². The fourth-order valence-corrected chi connectivity index (χ4v) is 12.0. The first-order valence-electron chi connectivity index (χ1n) is 25.6. The van der Waals surface area contributed by atoms with Gasteiger partial charge < -0.3 is 35.4 Å². The van der Waals surface area contributed by atoms with Gasteiger partial charge in [-0.1, -0.05) is 74.8 Å². The van der Waals surface area contributed by atoms with Crippen LogP contribution in [0.2, 0.25) is 0 Å². The molecule has 3 fully saturated rings. The average Bonchev–Trinajstić information content (AvgIpc) is 3.85. The highest BCUT2D eigenvalue weighted by Gasteiger charge is 2.38. The number of rotatable bonds is 16. The zero-order valence-corrected chi connectivity index (χ0v) is 46.6. The molecule has 3 aliphatic rings. The summed E-state index contributed by atoms with van der Waals surface area (Å²) in [6.45, 7) is 18.0. The van der Waals surface area contributed by atoms with Crippen molar-refractivity contribution >= 4 is 86.4 Å². The van der Waals surface area contributed by atoms with Crippen LogP contribution in [0.25, 0.3) is 21.9 Å². The maximum Gasteiger partial charge on any atom is 0.246 e. The summed E-state index contributed by atoms with van der Waals surface area (Å²) >= 11 is 6.71. The topological polar surface area (TPSA) is 186 Å². The van der Waals surface area contributed by atoms with Gasteiger partial charge in [-0.05, 0) is 130 Å². The van der Waals surface area contributed by atoms with Crippen LogP contribution in [0.3, 0.4) is 0 Å². The van der Waals surface area contributed by atoms with Crippen molar-refractivity contribution in [3.63, 3.8) is 0 Å². The molecule has 5 heterocycles. The first-order valence-corrected chi connectivity index (χ1v) is 27.2. The van der Waals surface area contributed by atoms with Crippen LogP contribution in [0.1, 0.15) is 119 Å². The SMILES string of the molecule is C=C1CCC(N(C)c2ccc(C3CCN(c4cc5cc(CS(=O)N6CCC(Nc7cccc(/C(C)=C(Cl)/C(OCC=O)=C(\C)C=O)c7)CC6(C)C)ccn5n4)CC3)c3cccc(C=O)c23)C(=O)N1.CCC.CO.CO. The van der Waals surface area contributed by atoms with Crippen molar-refractivity contribution in [1.82, 2.24) is 19.2 Å².